The highest BCUT2D eigenvalue weighted by molar-refractivity contribution is 7.89. The fourth-order valence-electron chi connectivity index (χ4n) is 2.45. The summed E-state index contributed by atoms with van der Waals surface area (Å²) < 4.78 is 28.4. The van der Waals surface area contributed by atoms with Gasteiger partial charge in [-0.3, -0.25) is 9.97 Å². The number of nitrogens with zero attached hydrogens (tertiary/aromatic N) is 5. The van der Waals surface area contributed by atoms with Crippen LogP contribution in [0, 0.1) is 0 Å². The van der Waals surface area contributed by atoms with Crippen molar-refractivity contribution in [2.24, 2.45) is 7.05 Å². The third kappa shape index (κ3) is 2.20. The molecule has 3 heterocycles. The minimum atomic E-state index is -3.58. The first-order valence-electron chi connectivity index (χ1n) is 6.35. The zero-order chi connectivity index (χ0) is 14.2. The first-order valence-corrected chi connectivity index (χ1v) is 7.79. The van der Waals surface area contributed by atoms with Crippen LogP contribution in [0.5, 0.6) is 0 Å². The lowest BCUT2D eigenvalue weighted by Gasteiger charge is -2.22. The van der Waals surface area contributed by atoms with Crippen LogP contribution in [0.15, 0.2) is 36.1 Å². The first kappa shape index (κ1) is 13.2. The second kappa shape index (κ2) is 4.95. The lowest BCUT2D eigenvalue weighted by atomic mass is 10.2. The molecule has 0 spiro atoms. The summed E-state index contributed by atoms with van der Waals surface area (Å²) in [6, 6.07) is -0.254. The predicted molar refractivity (Wildman–Crippen MR) is 71.1 cm³/mol. The molecule has 1 fully saturated rings. The van der Waals surface area contributed by atoms with E-state index in [0.717, 1.165) is 12.8 Å². The van der Waals surface area contributed by atoms with Crippen molar-refractivity contribution in [2.75, 3.05) is 6.54 Å². The normalized spacial score (nSPS) is 20.4. The summed E-state index contributed by atoms with van der Waals surface area (Å²) in [4.78, 5) is 12.2. The monoisotopic (exact) mass is 293 g/mol. The molecule has 106 valence electrons. The molecule has 2 aromatic rings. The van der Waals surface area contributed by atoms with Crippen molar-refractivity contribution in [3.8, 4) is 0 Å². The topological polar surface area (TPSA) is 81.0 Å². The van der Waals surface area contributed by atoms with Crippen molar-refractivity contribution in [1.29, 1.82) is 0 Å². The van der Waals surface area contributed by atoms with Crippen LogP contribution < -0.4 is 0 Å². The van der Waals surface area contributed by atoms with Crippen LogP contribution in [0.2, 0.25) is 0 Å². The third-order valence-electron chi connectivity index (χ3n) is 3.38. The molecule has 1 atom stereocenters. The van der Waals surface area contributed by atoms with Gasteiger partial charge in [0.25, 0.3) is 10.0 Å². The molecule has 3 rings (SSSR count). The molecule has 0 saturated carbocycles. The van der Waals surface area contributed by atoms with Gasteiger partial charge in [0, 0.05) is 32.2 Å². The standard InChI is InChI=1S/C12H15N5O2S/c1-16-8-12(15-9-16)20(18,19)17-6-2-3-11(17)10-7-13-4-5-14-10/h4-5,7-9,11H,2-3,6H2,1H3. The average molecular weight is 293 g/mol. The number of hydrogen-bond donors (Lipinski definition) is 0. The molecule has 2 aromatic heterocycles. The van der Waals surface area contributed by atoms with E-state index in [0.29, 0.717) is 12.2 Å². The Morgan fingerprint density at radius 3 is 2.80 bits per heavy atom. The summed E-state index contributed by atoms with van der Waals surface area (Å²) in [6.45, 7) is 0.486. The number of imidazole rings is 1. The zero-order valence-corrected chi connectivity index (χ0v) is 11.9. The van der Waals surface area contributed by atoms with E-state index in [1.54, 1.807) is 30.2 Å². The number of aryl methyl sites for hydroxylation is 1. The van der Waals surface area contributed by atoms with Crippen molar-refractivity contribution < 1.29 is 8.42 Å². The SMILES string of the molecule is Cn1cnc(S(=O)(=O)N2CCCC2c2cnccn2)c1. The Labute approximate surface area is 117 Å². The molecule has 0 radical (unpaired) electrons. The minimum Gasteiger partial charge on any atom is -0.339 e. The lowest BCUT2D eigenvalue weighted by molar-refractivity contribution is 0.388. The van der Waals surface area contributed by atoms with E-state index in [-0.39, 0.29) is 11.1 Å². The van der Waals surface area contributed by atoms with Gasteiger partial charge in [0.1, 0.15) is 0 Å². The van der Waals surface area contributed by atoms with E-state index in [1.165, 1.54) is 16.8 Å². The van der Waals surface area contributed by atoms with Gasteiger partial charge in [-0.05, 0) is 12.8 Å². The van der Waals surface area contributed by atoms with Crippen LogP contribution in [0.3, 0.4) is 0 Å². The average Bonchev–Trinajstić information content (AvgIpc) is 3.08. The highest BCUT2D eigenvalue weighted by atomic mass is 32.2. The fraction of sp³-hybridized carbons (Fsp3) is 0.417. The van der Waals surface area contributed by atoms with Crippen molar-refractivity contribution in [3.63, 3.8) is 0 Å². The van der Waals surface area contributed by atoms with E-state index in [2.05, 4.69) is 15.0 Å². The number of sulfonamides is 1. The van der Waals surface area contributed by atoms with Gasteiger partial charge in [-0.15, -0.1) is 0 Å². The Balaban J connectivity index is 1.97. The van der Waals surface area contributed by atoms with Gasteiger partial charge in [-0.2, -0.15) is 4.31 Å². The number of aromatic nitrogens is 4. The molecule has 1 aliphatic heterocycles. The van der Waals surface area contributed by atoms with Crippen LogP contribution in [0.25, 0.3) is 0 Å². The molecule has 20 heavy (non-hydrogen) atoms. The summed E-state index contributed by atoms with van der Waals surface area (Å²) in [5.41, 5.74) is 0.685. The maximum absolute atomic E-state index is 12.6. The maximum Gasteiger partial charge on any atom is 0.262 e. The Hall–Kier alpha value is -1.80. The Morgan fingerprint density at radius 1 is 1.30 bits per heavy atom. The molecule has 0 bridgehead atoms. The Bertz CT molecular complexity index is 698. The minimum absolute atomic E-state index is 0.0794. The predicted octanol–water partition coefficient (Wildman–Crippen LogP) is 0.736. The number of rotatable bonds is 3. The number of hydrogen-bond acceptors (Lipinski definition) is 5. The molecule has 0 aromatic carbocycles. The molecule has 0 amide bonds. The molecular weight excluding hydrogens is 278 g/mol. The van der Waals surface area contributed by atoms with Crippen molar-refractivity contribution >= 4 is 10.0 Å². The smallest absolute Gasteiger partial charge is 0.262 e. The summed E-state index contributed by atoms with van der Waals surface area (Å²) >= 11 is 0. The zero-order valence-electron chi connectivity index (χ0n) is 11.0. The summed E-state index contributed by atoms with van der Waals surface area (Å²) in [5, 5.41) is 0.0794. The van der Waals surface area contributed by atoms with Crippen LogP contribution in [0.4, 0.5) is 0 Å². The van der Waals surface area contributed by atoms with Crippen LogP contribution in [0.1, 0.15) is 24.6 Å². The summed E-state index contributed by atoms with van der Waals surface area (Å²) in [6.07, 6.45) is 9.35. The van der Waals surface area contributed by atoms with E-state index in [9.17, 15) is 8.42 Å². The van der Waals surface area contributed by atoms with Crippen molar-refractivity contribution in [1.82, 2.24) is 23.8 Å². The Morgan fingerprint density at radius 2 is 2.15 bits per heavy atom. The third-order valence-corrected chi connectivity index (χ3v) is 5.18. The van der Waals surface area contributed by atoms with Gasteiger partial charge in [-0.25, -0.2) is 13.4 Å². The van der Waals surface area contributed by atoms with Gasteiger partial charge >= 0.3 is 0 Å². The molecule has 8 heteroatoms. The van der Waals surface area contributed by atoms with E-state index >= 15 is 0 Å². The molecular formula is C12H15N5O2S. The second-order valence-electron chi connectivity index (χ2n) is 4.78. The maximum atomic E-state index is 12.6. The highest BCUT2D eigenvalue weighted by Gasteiger charge is 2.38. The molecule has 1 saturated heterocycles. The summed E-state index contributed by atoms with van der Waals surface area (Å²) in [5.74, 6) is 0. The molecule has 1 unspecified atom stereocenters. The van der Waals surface area contributed by atoms with E-state index in [1.807, 2.05) is 0 Å². The first-order chi connectivity index (χ1) is 9.59. The van der Waals surface area contributed by atoms with E-state index in [4.69, 9.17) is 0 Å². The lowest BCUT2D eigenvalue weighted by Crippen LogP contribution is -2.31. The van der Waals surface area contributed by atoms with Crippen LogP contribution in [-0.2, 0) is 17.1 Å². The van der Waals surface area contributed by atoms with Gasteiger partial charge in [0.2, 0.25) is 0 Å². The molecule has 0 N–H and O–H groups in total. The van der Waals surface area contributed by atoms with Gasteiger partial charge in [-0.1, -0.05) is 0 Å². The highest BCUT2D eigenvalue weighted by Crippen LogP contribution is 2.34. The van der Waals surface area contributed by atoms with E-state index < -0.39 is 10.0 Å². The van der Waals surface area contributed by atoms with Gasteiger partial charge in [0.05, 0.1) is 24.3 Å². The fourth-order valence-corrected chi connectivity index (χ4v) is 4.09. The van der Waals surface area contributed by atoms with Crippen LogP contribution in [-0.4, -0.2) is 38.8 Å². The molecule has 0 aliphatic carbocycles. The van der Waals surface area contributed by atoms with Crippen molar-refractivity contribution in [2.45, 2.75) is 23.9 Å². The Kier molecular flexibility index (Phi) is 3.27. The van der Waals surface area contributed by atoms with Gasteiger partial charge in [0.15, 0.2) is 5.03 Å². The van der Waals surface area contributed by atoms with Crippen LogP contribution >= 0.6 is 0 Å². The molecule has 7 nitrogen and oxygen atoms in total. The molecule has 1 aliphatic rings. The largest absolute Gasteiger partial charge is 0.339 e. The second-order valence-corrected chi connectivity index (χ2v) is 6.62. The van der Waals surface area contributed by atoms with Crippen molar-refractivity contribution in [3.05, 3.63) is 36.8 Å². The van der Waals surface area contributed by atoms with Gasteiger partial charge < -0.3 is 4.57 Å². The summed E-state index contributed by atoms with van der Waals surface area (Å²) in [7, 11) is -1.84. The quantitative estimate of drug-likeness (QED) is 0.833.